The molecule has 0 aliphatic heterocycles. The molecule has 0 fully saturated rings. The maximum Gasteiger partial charge on any atom is 0.269 e. The summed E-state index contributed by atoms with van der Waals surface area (Å²) >= 11 is 1.11. The number of carbonyl (C=O) groups excluding carboxylic acids is 1. The van der Waals surface area contributed by atoms with Crippen LogP contribution in [0.5, 0.6) is 5.75 Å². The number of anilines is 3. The predicted molar refractivity (Wildman–Crippen MR) is 81.6 cm³/mol. The zero-order valence-electron chi connectivity index (χ0n) is 11.6. The smallest absolute Gasteiger partial charge is 0.269 e. The molecule has 0 bridgehead atoms. The van der Waals surface area contributed by atoms with Gasteiger partial charge in [-0.15, -0.1) is 0 Å². The molecule has 21 heavy (non-hydrogen) atoms. The van der Waals surface area contributed by atoms with E-state index in [4.69, 9.17) is 10.5 Å². The molecule has 2 aromatic rings. The second kappa shape index (κ2) is 6.40. The average Bonchev–Trinajstić information content (AvgIpc) is 2.82. The van der Waals surface area contributed by atoms with Gasteiger partial charge in [-0.25, -0.2) is 9.37 Å². The number of nitrogens with two attached hydrogens (primary N) is 1. The Kier molecular flexibility index (Phi) is 4.59. The summed E-state index contributed by atoms with van der Waals surface area (Å²) in [6.45, 7) is 2.57. The van der Waals surface area contributed by atoms with Gasteiger partial charge in [-0.3, -0.25) is 4.79 Å². The highest BCUT2D eigenvalue weighted by Crippen LogP contribution is 2.27. The number of ether oxygens (including phenoxy) is 1. The number of amides is 1. The number of halogens is 1. The summed E-state index contributed by atoms with van der Waals surface area (Å²) in [6, 6.07) is 4.08. The molecule has 0 unspecified atom stereocenters. The number of rotatable bonds is 5. The SMILES string of the molecule is CCNc1nc(N)c(C(=O)Nc2cc(OC)ccc2F)s1. The number of nitrogens with one attached hydrogen (secondary N) is 2. The maximum absolute atomic E-state index is 13.7. The van der Waals surface area contributed by atoms with Gasteiger partial charge in [0.25, 0.3) is 5.91 Å². The van der Waals surface area contributed by atoms with Crippen molar-refractivity contribution < 1.29 is 13.9 Å². The number of thiazole rings is 1. The Balaban J connectivity index is 2.21. The monoisotopic (exact) mass is 310 g/mol. The van der Waals surface area contributed by atoms with E-state index < -0.39 is 11.7 Å². The minimum absolute atomic E-state index is 0.0251. The summed E-state index contributed by atoms with van der Waals surface area (Å²) in [6.07, 6.45) is 0. The van der Waals surface area contributed by atoms with Crippen molar-refractivity contribution in [1.82, 2.24) is 4.98 Å². The number of nitrogen functional groups attached to an aromatic ring is 1. The summed E-state index contributed by atoms with van der Waals surface area (Å²) in [5.41, 5.74) is 5.73. The Morgan fingerprint density at radius 2 is 2.29 bits per heavy atom. The van der Waals surface area contributed by atoms with Crippen LogP contribution in [0.15, 0.2) is 18.2 Å². The van der Waals surface area contributed by atoms with Crippen LogP contribution in [0.25, 0.3) is 0 Å². The fourth-order valence-corrected chi connectivity index (χ4v) is 2.48. The second-order valence-electron chi connectivity index (χ2n) is 4.06. The van der Waals surface area contributed by atoms with E-state index in [1.165, 1.54) is 25.3 Å². The largest absolute Gasteiger partial charge is 0.497 e. The Morgan fingerprint density at radius 3 is 2.95 bits per heavy atom. The van der Waals surface area contributed by atoms with Crippen molar-refractivity contribution in [3.63, 3.8) is 0 Å². The first-order valence-corrected chi connectivity index (χ1v) is 7.01. The molecule has 1 amide bonds. The summed E-state index contributed by atoms with van der Waals surface area (Å²) in [5, 5.41) is 5.98. The first kappa shape index (κ1) is 15.0. The molecule has 1 heterocycles. The molecular weight excluding hydrogens is 295 g/mol. The van der Waals surface area contributed by atoms with Crippen molar-refractivity contribution in [3.05, 3.63) is 28.9 Å². The highest BCUT2D eigenvalue weighted by molar-refractivity contribution is 7.18. The minimum Gasteiger partial charge on any atom is -0.497 e. The van der Waals surface area contributed by atoms with Crippen LogP contribution in [0.4, 0.5) is 21.0 Å². The minimum atomic E-state index is -0.556. The topological polar surface area (TPSA) is 89.3 Å². The van der Waals surface area contributed by atoms with Crippen molar-refractivity contribution in [2.45, 2.75) is 6.92 Å². The van der Waals surface area contributed by atoms with Gasteiger partial charge in [0.05, 0.1) is 12.8 Å². The Labute approximate surface area is 125 Å². The molecule has 112 valence electrons. The lowest BCUT2D eigenvalue weighted by atomic mass is 10.2. The van der Waals surface area contributed by atoms with Gasteiger partial charge in [0.1, 0.15) is 22.3 Å². The van der Waals surface area contributed by atoms with Gasteiger partial charge in [0.2, 0.25) is 0 Å². The number of hydrogen-bond acceptors (Lipinski definition) is 6. The quantitative estimate of drug-likeness (QED) is 0.790. The highest BCUT2D eigenvalue weighted by Gasteiger charge is 2.17. The van der Waals surface area contributed by atoms with Crippen LogP contribution in [-0.2, 0) is 0 Å². The molecular formula is C13H15FN4O2S. The van der Waals surface area contributed by atoms with E-state index in [0.29, 0.717) is 17.4 Å². The van der Waals surface area contributed by atoms with E-state index in [0.717, 1.165) is 11.3 Å². The fraction of sp³-hybridized carbons (Fsp3) is 0.231. The van der Waals surface area contributed by atoms with Crippen LogP contribution in [0.1, 0.15) is 16.6 Å². The summed E-state index contributed by atoms with van der Waals surface area (Å²) in [7, 11) is 1.46. The molecule has 0 spiro atoms. The molecule has 0 radical (unpaired) electrons. The molecule has 6 nitrogen and oxygen atoms in total. The molecule has 2 rings (SSSR count). The Morgan fingerprint density at radius 1 is 1.52 bits per heavy atom. The lowest BCUT2D eigenvalue weighted by Gasteiger charge is -2.07. The summed E-state index contributed by atoms with van der Waals surface area (Å²) in [5.74, 6) is -0.519. The molecule has 4 N–H and O–H groups in total. The van der Waals surface area contributed by atoms with Crippen LogP contribution in [0, 0.1) is 5.82 Å². The van der Waals surface area contributed by atoms with Gasteiger partial charge in [-0.05, 0) is 19.1 Å². The van der Waals surface area contributed by atoms with Crippen molar-refractivity contribution in [3.8, 4) is 5.75 Å². The average molecular weight is 310 g/mol. The molecule has 0 aliphatic rings. The summed E-state index contributed by atoms with van der Waals surface area (Å²) < 4.78 is 18.7. The van der Waals surface area contributed by atoms with Crippen LogP contribution >= 0.6 is 11.3 Å². The van der Waals surface area contributed by atoms with E-state index in [9.17, 15) is 9.18 Å². The maximum atomic E-state index is 13.7. The number of benzene rings is 1. The van der Waals surface area contributed by atoms with Gasteiger partial charge in [-0.1, -0.05) is 11.3 Å². The highest BCUT2D eigenvalue weighted by atomic mass is 32.1. The van der Waals surface area contributed by atoms with Crippen LogP contribution in [-0.4, -0.2) is 24.5 Å². The predicted octanol–water partition coefficient (Wildman–Crippen LogP) is 2.56. The van der Waals surface area contributed by atoms with E-state index in [1.54, 1.807) is 0 Å². The molecule has 0 saturated carbocycles. The van der Waals surface area contributed by atoms with Gasteiger partial charge < -0.3 is 21.1 Å². The third-order valence-corrected chi connectivity index (χ3v) is 3.64. The number of methoxy groups -OCH3 is 1. The Bertz CT molecular complexity index is 660. The van der Waals surface area contributed by atoms with Gasteiger partial charge in [-0.2, -0.15) is 0 Å². The first-order valence-electron chi connectivity index (χ1n) is 6.20. The molecule has 0 saturated heterocycles. The molecule has 0 atom stereocenters. The van der Waals surface area contributed by atoms with Gasteiger partial charge in [0.15, 0.2) is 5.13 Å². The number of carbonyl (C=O) groups is 1. The van der Waals surface area contributed by atoms with Crippen molar-refractivity contribution >= 4 is 33.9 Å². The van der Waals surface area contributed by atoms with Crippen LogP contribution in [0.3, 0.4) is 0 Å². The lowest BCUT2D eigenvalue weighted by Crippen LogP contribution is -2.13. The van der Waals surface area contributed by atoms with Crippen molar-refractivity contribution in [1.29, 1.82) is 0 Å². The first-order chi connectivity index (χ1) is 10.0. The fourth-order valence-electron chi connectivity index (χ4n) is 1.63. The van der Waals surface area contributed by atoms with E-state index in [-0.39, 0.29) is 16.4 Å². The molecule has 1 aromatic heterocycles. The third-order valence-electron chi connectivity index (χ3n) is 2.61. The van der Waals surface area contributed by atoms with E-state index >= 15 is 0 Å². The molecule has 8 heteroatoms. The van der Waals surface area contributed by atoms with Gasteiger partial charge >= 0.3 is 0 Å². The van der Waals surface area contributed by atoms with E-state index in [1.807, 2.05) is 6.92 Å². The van der Waals surface area contributed by atoms with Gasteiger partial charge in [0, 0.05) is 12.6 Å². The van der Waals surface area contributed by atoms with Crippen molar-refractivity contribution in [2.24, 2.45) is 0 Å². The summed E-state index contributed by atoms with van der Waals surface area (Å²) in [4.78, 5) is 16.4. The number of aromatic nitrogens is 1. The van der Waals surface area contributed by atoms with E-state index in [2.05, 4.69) is 15.6 Å². The number of nitrogens with zero attached hydrogens (tertiary/aromatic N) is 1. The zero-order chi connectivity index (χ0) is 15.4. The van der Waals surface area contributed by atoms with Crippen molar-refractivity contribution in [2.75, 3.05) is 30.0 Å². The van der Waals surface area contributed by atoms with Crippen LogP contribution < -0.4 is 21.1 Å². The normalized spacial score (nSPS) is 10.2. The molecule has 1 aromatic carbocycles. The molecule has 0 aliphatic carbocycles. The lowest BCUT2D eigenvalue weighted by molar-refractivity contribution is 0.103. The third kappa shape index (κ3) is 3.40. The standard InChI is InChI=1S/C13H15FN4O2S/c1-3-16-13-18-11(15)10(21-13)12(19)17-9-6-7(20-2)4-5-8(9)14/h4-6H,3,15H2,1-2H3,(H,16,18)(H,17,19). The van der Waals surface area contributed by atoms with Crippen LogP contribution in [0.2, 0.25) is 0 Å². The number of hydrogen-bond donors (Lipinski definition) is 3. The zero-order valence-corrected chi connectivity index (χ0v) is 12.4. The Hall–Kier alpha value is -2.35. The second-order valence-corrected chi connectivity index (χ2v) is 5.06.